The SMILES string of the molecule is CCN(C(=O)N1CCCCC1C)C(C)(C)C(=O)O. The molecule has 1 aliphatic rings. The van der Waals surface area contributed by atoms with E-state index in [0.29, 0.717) is 6.54 Å². The van der Waals surface area contributed by atoms with Crippen LogP contribution < -0.4 is 0 Å². The summed E-state index contributed by atoms with van der Waals surface area (Å²) in [6, 6.07) is 0.0435. The number of urea groups is 1. The van der Waals surface area contributed by atoms with Crippen LogP contribution in [-0.2, 0) is 4.79 Å². The number of hydrogen-bond donors (Lipinski definition) is 1. The zero-order valence-electron chi connectivity index (χ0n) is 11.8. The summed E-state index contributed by atoms with van der Waals surface area (Å²) in [4.78, 5) is 27.0. The molecule has 1 unspecified atom stereocenters. The van der Waals surface area contributed by atoms with Crippen LogP contribution in [0.4, 0.5) is 4.79 Å². The summed E-state index contributed by atoms with van der Waals surface area (Å²) in [6.07, 6.45) is 3.14. The Bertz CT molecular complexity index is 328. The number of aliphatic carboxylic acids is 1. The minimum Gasteiger partial charge on any atom is -0.480 e. The van der Waals surface area contributed by atoms with Crippen LogP contribution in [0.5, 0.6) is 0 Å². The van der Waals surface area contributed by atoms with Gasteiger partial charge in [-0.05, 0) is 47.0 Å². The van der Waals surface area contributed by atoms with Gasteiger partial charge in [0.25, 0.3) is 0 Å². The van der Waals surface area contributed by atoms with E-state index in [4.69, 9.17) is 0 Å². The lowest BCUT2D eigenvalue weighted by atomic mass is 10.0. The van der Waals surface area contributed by atoms with Gasteiger partial charge in [-0.1, -0.05) is 0 Å². The largest absolute Gasteiger partial charge is 0.480 e. The van der Waals surface area contributed by atoms with Crippen LogP contribution in [0.15, 0.2) is 0 Å². The number of likely N-dealkylation sites (tertiary alicyclic amines) is 1. The molecule has 1 atom stereocenters. The van der Waals surface area contributed by atoms with Gasteiger partial charge in [-0.2, -0.15) is 0 Å². The number of carbonyl (C=O) groups is 2. The summed E-state index contributed by atoms with van der Waals surface area (Å²) in [5, 5.41) is 9.24. The van der Waals surface area contributed by atoms with Crippen molar-refractivity contribution in [2.75, 3.05) is 13.1 Å². The fraction of sp³-hybridized carbons (Fsp3) is 0.846. The van der Waals surface area contributed by atoms with Gasteiger partial charge in [0, 0.05) is 19.1 Å². The molecule has 5 heteroatoms. The first-order valence-electron chi connectivity index (χ1n) is 6.64. The topological polar surface area (TPSA) is 60.9 Å². The van der Waals surface area contributed by atoms with Gasteiger partial charge in [0.05, 0.1) is 0 Å². The lowest BCUT2D eigenvalue weighted by molar-refractivity contribution is -0.147. The normalized spacial score (nSPS) is 20.7. The lowest BCUT2D eigenvalue weighted by Crippen LogP contribution is -2.59. The Morgan fingerprint density at radius 3 is 2.44 bits per heavy atom. The molecular weight excluding hydrogens is 232 g/mol. The smallest absolute Gasteiger partial charge is 0.329 e. The zero-order valence-corrected chi connectivity index (χ0v) is 11.8. The van der Waals surface area contributed by atoms with E-state index in [0.717, 1.165) is 25.8 Å². The van der Waals surface area contributed by atoms with Gasteiger partial charge in [0.2, 0.25) is 0 Å². The minimum absolute atomic E-state index is 0.155. The first-order valence-corrected chi connectivity index (χ1v) is 6.64. The van der Waals surface area contributed by atoms with Gasteiger partial charge < -0.3 is 14.9 Å². The molecule has 18 heavy (non-hydrogen) atoms. The van der Waals surface area contributed by atoms with Crippen molar-refractivity contribution < 1.29 is 14.7 Å². The Hall–Kier alpha value is -1.26. The number of hydrogen-bond acceptors (Lipinski definition) is 2. The number of carbonyl (C=O) groups excluding carboxylic acids is 1. The molecule has 1 aliphatic heterocycles. The van der Waals surface area contributed by atoms with Crippen molar-refractivity contribution in [3.05, 3.63) is 0 Å². The predicted molar refractivity (Wildman–Crippen MR) is 69.5 cm³/mol. The Balaban J connectivity index is 2.88. The molecule has 0 aromatic rings. The Morgan fingerprint density at radius 1 is 1.39 bits per heavy atom. The molecule has 0 aromatic heterocycles. The van der Waals surface area contributed by atoms with E-state index < -0.39 is 11.5 Å². The summed E-state index contributed by atoms with van der Waals surface area (Å²) < 4.78 is 0. The highest BCUT2D eigenvalue weighted by Gasteiger charge is 2.39. The van der Waals surface area contributed by atoms with Crippen molar-refractivity contribution in [3.8, 4) is 0 Å². The first-order chi connectivity index (χ1) is 8.32. The summed E-state index contributed by atoms with van der Waals surface area (Å²) in [5.74, 6) is -0.970. The standard InChI is InChI=1S/C13H24N2O3/c1-5-15(13(3,4)11(16)17)12(18)14-9-7-6-8-10(14)2/h10H,5-9H2,1-4H3,(H,16,17). The van der Waals surface area contributed by atoms with Gasteiger partial charge in [-0.25, -0.2) is 9.59 Å². The summed E-state index contributed by atoms with van der Waals surface area (Å²) in [6.45, 7) is 8.13. The third-order valence-electron chi connectivity index (χ3n) is 3.79. The lowest BCUT2D eigenvalue weighted by Gasteiger charge is -2.41. The molecule has 1 rings (SSSR count). The summed E-state index contributed by atoms with van der Waals surface area (Å²) in [5.41, 5.74) is -1.16. The third kappa shape index (κ3) is 2.76. The number of amides is 2. The quantitative estimate of drug-likeness (QED) is 0.841. The van der Waals surface area contributed by atoms with Crippen molar-refractivity contribution in [3.63, 3.8) is 0 Å². The van der Waals surface area contributed by atoms with Crippen LogP contribution in [0.3, 0.4) is 0 Å². The molecule has 0 aliphatic carbocycles. The van der Waals surface area contributed by atoms with Crippen LogP contribution in [0.1, 0.15) is 47.0 Å². The monoisotopic (exact) mass is 256 g/mol. The summed E-state index contributed by atoms with van der Waals surface area (Å²) in [7, 11) is 0. The van der Waals surface area contributed by atoms with Gasteiger partial charge in [-0.3, -0.25) is 0 Å². The number of likely N-dealkylation sites (N-methyl/N-ethyl adjacent to an activating group) is 1. The van der Waals surface area contributed by atoms with Crippen molar-refractivity contribution in [1.29, 1.82) is 0 Å². The molecule has 0 radical (unpaired) electrons. The zero-order chi connectivity index (χ0) is 13.9. The second-order valence-electron chi connectivity index (χ2n) is 5.43. The molecule has 0 saturated carbocycles. The molecule has 1 fully saturated rings. The van der Waals surface area contributed by atoms with E-state index in [1.165, 1.54) is 4.90 Å². The first kappa shape index (κ1) is 14.8. The average molecular weight is 256 g/mol. The molecule has 1 N–H and O–H groups in total. The third-order valence-corrected chi connectivity index (χ3v) is 3.79. The number of rotatable bonds is 3. The molecule has 104 valence electrons. The highest BCUT2D eigenvalue weighted by atomic mass is 16.4. The number of piperidine rings is 1. The Kier molecular flexibility index (Phi) is 4.59. The van der Waals surface area contributed by atoms with Crippen molar-refractivity contribution in [2.24, 2.45) is 0 Å². The van der Waals surface area contributed by atoms with Crippen molar-refractivity contribution in [1.82, 2.24) is 9.80 Å². The van der Waals surface area contributed by atoms with E-state index in [2.05, 4.69) is 0 Å². The maximum Gasteiger partial charge on any atom is 0.329 e. The maximum absolute atomic E-state index is 12.5. The summed E-state index contributed by atoms with van der Waals surface area (Å²) >= 11 is 0. The van der Waals surface area contributed by atoms with E-state index in [-0.39, 0.29) is 12.1 Å². The van der Waals surface area contributed by atoms with Crippen LogP contribution in [0.2, 0.25) is 0 Å². The van der Waals surface area contributed by atoms with Crippen LogP contribution in [-0.4, -0.2) is 51.6 Å². The molecule has 0 aromatic carbocycles. The van der Waals surface area contributed by atoms with Crippen LogP contribution in [0, 0.1) is 0 Å². The van der Waals surface area contributed by atoms with Gasteiger partial charge in [-0.15, -0.1) is 0 Å². The Morgan fingerprint density at radius 2 is 2.00 bits per heavy atom. The fourth-order valence-electron chi connectivity index (χ4n) is 2.42. The molecule has 2 amide bonds. The molecular formula is C13H24N2O3. The second kappa shape index (κ2) is 5.59. The fourth-order valence-corrected chi connectivity index (χ4v) is 2.42. The van der Waals surface area contributed by atoms with Crippen molar-refractivity contribution >= 4 is 12.0 Å². The van der Waals surface area contributed by atoms with Gasteiger partial charge in [0.15, 0.2) is 0 Å². The van der Waals surface area contributed by atoms with E-state index >= 15 is 0 Å². The van der Waals surface area contributed by atoms with E-state index in [1.54, 1.807) is 18.7 Å². The highest BCUT2D eigenvalue weighted by molar-refractivity contribution is 5.85. The average Bonchev–Trinajstić information content (AvgIpc) is 2.29. The van der Waals surface area contributed by atoms with Gasteiger partial charge in [0.1, 0.15) is 5.54 Å². The maximum atomic E-state index is 12.5. The molecule has 1 heterocycles. The molecule has 5 nitrogen and oxygen atoms in total. The molecule has 1 saturated heterocycles. The van der Waals surface area contributed by atoms with Gasteiger partial charge >= 0.3 is 12.0 Å². The second-order valence-corrected chi connectivity index (χ2v) is 5.43. The molecule has 0 bridgehead atoms. The number of carboxylic acid groups (broad SMARTS) is 1. The highest BCUT2D eigenvalue weighted by Crippen LogP contribution is 2.22. The Labute approximate surface area is 109 Å². The minimum atomic E-state index is -1.16. The number of carboxylic acids is 1. The van der Waals surface area contributed by atoms with E-state index in [1.807, 2.05) is 13.8 Å². The predicted octanol–water partition coefficient (Wildman–Crippen LogP) is 2.17. The number of nitrogens with zero attached hydrogens (tertiary/aromatic N) is 2. The van der Waals surface area contributed by atoms with Crippen LogP contribution >= 0.6 is 0 Å². The van der Waals surface area contributed by atoms with Crippen LogP contribution in [0.25, 0.3) is 0 Å². The van der Waals surface area contributed by atoms with E-state index in [9.17, 15) is 14.7 Å². The molecule has 0 spiro atoms. The van der Waals surface area contributed by atoms with Crippen molar-refractivity contribution in [2.45, 2.75) is 58.5 Å².